The Hall–Kier alpha value is -1.68. The minimum atomic E-state index is -0.224. The predicted octanol–water partition coefficient (Wildman–Crippen LogP) is 1.19. The molecule has 0 bridgehead atoms. The van der Waals surface area contributed by atoms with E-state index in [4.69, 9.17) is 5.73 Å². The van der Waals surface area contributed by atoms with Gasteiger partial charge in [-0.25, -0.2) is 0 Å². The number of amides is 2. The molecule has 0 aliphatic carbocycles. The Morgan fingerprint density at radius 1 is 1.28 bits per heavy atom. The lowest BCUT2D eigenvalue weighted by atomic mass is 9.97. The quantitative estimate of drug-likeness (QED) is 0.815. The fourth-order valence-electron chi connectivity index (χ4n) is 2.01. The molecule has 1 unspecified atom stereocenters. The van der Waals surface area contributed by atoms with E-state index < -0.39 is 0 Å². The van der Waals surface area contributed by atoms with E-state index >= 15 is 0 Å². The van der Waals surface area contributed by atoms with E-state index in [2.05, 4.69) is 0 Å². The van der Waals surface area contributed by atoms with Crippen LogP contribution < -0.4 is 5.73 Å². The molecular formula is C14H18N2O2. The highest BCUT2D eigenvalue weighted by molar-refractivity contribution is 6.09. The van der Waals surface area contributed by atoms with Crippen molar-refractivity contribution in [3.8, 4) is 0 Å². The number of carbonyl (C=O) groups is 2. The van der Waals surface area contributed by atoms with Crippen molar-refractivity contribution in [3.63, 3.8) is 0 Å². The Labute approximate surface area is 107 Å². The number of nitrogens with two attached hydrogens (primary N) is 1. The molecule has 0 spiro atoms. The van der Waals surface area contributed by atoms with Gasteiger partial charge >= 0.3 is 0 Å². The van der Waals surface area contributed by atoms with E-state index in [-0.39, 0.29) is 30.2 Å². The number of nitrogens with zero attached hydrogens (tertiary/aromatic N) is 1. The van der Waals surface area contributed by atoms with Crippen LogP contribution in [0.25, 0.3) is 0 Å². The summed E-state index contributed by atoms with van der Waals surface area (Å²) in [5.41, 5.74) is 7.37. The highest BCUT2D eigenvalue weighted by Crippen LogP contribution is 2.20. The van der Waals surface area contributed by atoms with Crippen LogP contribution in [0.5, 0.6) is 0 Å². The molecule has 96 valence electrons. The van der Waals surface area contributed by atoms with E-state index in [9.17, 15) is 9.59 Å². The molecule has 1 heterocycles. The van der Waals surface area contributed by atoms with Crippen molar-refractivity contribution in [1.29, 1.82) is 0 Å². The molecule has 0 saturated heterocycles. The van der Waals surface area contributed by atoms with Crippen molar-refractivity contribution < 1.29 is 9.59 Å². The standard InChI is InChI=1S/C14H18N2O2/c1-9(2)12(15)8-16-13(17)7-10-5-3-4-6-11(10)14(16)18/h3-6,9,12H,7-8,15H2,1-2H3. The maximum Gasteiger partial charge on any atom is 0.260 e. The second kappa shape index (κ2) is 4.90. The summed E-state index contributed by atoms with van der Waals surface area (Å²) in [5.74, 6) is -0.143. The molecule has 0 aromatic heterocycles. The zero-order chi connectivity index (χ0) is 13.3. The molecule has 4 heteroatoms. The largest absolute Gasteiger partial charge is 0.326 e. The molecule has 4 nitrogen and oxygen atoms in total. The summed E-state index contributed by atoms with van der Waals surface area (Å²) in [5, 5.41) is 0. The number of hydrogen-bond donors (Lipinski definition) is 1. The second-order valence-electron chi connectivity index (χ2n) is 5.05. The van der Waals surface area contributed by atoms with E-state index in [0.717, 1.165) is 5.56 Å². The van der Waals surface area contributed by atoms with Gasteiger partial charge in [-0.3, -0.25) is 14.5 Å². The number of carbonyl (C=O) groups excluding carboxylic acids is 2. The van der Waals surface area contributed by atoms with Crippen LogP contribution in [0.1, 0.15) is 29.8 Å². The summed E-state index contributed by atoms with van der Waals surface area (Å²) in [4.78, 5) is 25.5. The van der Waals surface area contributed by atoms with Gasteiger partial charge in [0.1, 0.15) is 0 Å². The Kier molecular flexibility index (Phi) is 3.48. The topological polar surface area (TPSA) is 63.4 Å². The lowest BCUT2D eigenvalue weighted by Crippen LogP contribution is -2.49. The van der Waals surface area contributed by atoms with Crippen LogP contribution in [-0.2, 0) is 11.2 Å². The third kappa shape index (κ3) is 2.29. The molecule has 18 heavy (non-hydrogen) atoms. The Morgan fingerprint density at radius 3 is 2.61 bits per heavy atom. The zero-order valence-corrected chi connectivity index (χ0v) is 10.7. The van der Waals surface area contributed by atoms with E-state index in [1.807, 2.05) is 32.0 Å². The number of imide groups is 1. The van der Waals surface area contributed by atoms with Gasteiger partial charge in [-0.2, -0.15) is 0 Å². The van der Waals surface area contributed by atoms with E-state index in [1.165, 1.54) is 4.90 Å². The second-order valence-corrected chi connectivity index (χ2v) is 5.05. The van der Waals surface area contributed by atoms with Crippen LogP contribution in [0.4, 0.5) is 0 Å². The number of hydrogen-bond acceptors (Lipinski definition) is 3. The van der Waals surface area contributed by atoms with Crippen molar-refractivity contribution in [1.82, 2.24) is 4.90 Å². The first-order valence-electron chi connectivity index (χ1n) is 6.19. The van der Waals surface area contributed by atoms with Crippen LogP contribution in [0.2, 0.25) is 0 Å². The predicted molar refractivity (Wildman–Crippen MR) is 69.0 cm³/mol. The SMILES string of the molecule is CC(C)C(N)CN1C(=O)Cc2ccccc2C1=O. The third-order valence-corrected chi connectivity index (χ3v) is 3.39. The van der Waals surface area contributed by atoms with Crippen LogP contribution in [-0.4, -0.2) is 29.3 Å². The van der Waals surface area contributed by atoms with Gasteiger partial charge < -0.3 is 5.73 Å². The van der Waals surface area contributed by atoms with Crippen LogP contribution in [0.15, 0.2) is 24.3 Å². The molecule has 1 aromatic carbocycles. The van der Waals surface area contributed by atoms with Crippen LogP contribution in [0, 0.1) is 5.92 Å². The summed E-state index contributed by atoms with van der Waals surface area (Å²) in [6.07, 6.45) is 0.284. The molecule has 2 amide bonds. The average molecular weight is 246 g/mol. The molecular weight excluding hydrogens is 228 g/mol. The minimum absolute atomic E-state index is 0.158. The summed E-state index contributed by atoms with van der Waals surface area (Å²) >= 11 is 0. The maximum absolute atomic E-state index is 12.2. The lowest BCUT2D eigenvalue weighted by molar-refractivity contribution is -0.128. The van der Waals surface area contributed by atoms with Crippen LogP contribution >= 0.6 is 0 Å². The Balaban J connectivity index is 2.24. The van der Waals surface area contributed by atoms with Gasteiger partial charge in [0.25, 0.3) is 5.91 Å². The van der Waals surface area contributed by atoms with Gasteiger partial charge in [-0.05, 0) is 17.5 Å². The summed E-state index contributed by atoms with van der Waals surface area (Å²) < 4.78 is 0. The van der Waals surface area contributed by atoms with Crippen molar-refractivity contribution in [3.05, 3.63) is 35.4 Å². The van der Waals surface area contributed by atoms with E-state index in [1.54, 1.807) is 6.07 Å². The third-order valence-electron chi connectivity index (χ3n) is 3.39. The van der Waals surface area contributed by atoms with E-state index in [0.29, 0.717) is 12.1 Å². The molecule has 2 rings (SSSR count). The monoisotopic (exact) mass is 246 g/mol. The maximum atomic E-state index is 12.2. The zero-order valence-electron chi connectivity index (χ0n) is 10.7. The van der Waals surface area contributed by atoms with Gasteiger partial charge in [0.2, 0.25) is 5.91 Å². The number of benzene rings is 1. The smallest absolute Gasteiger partial charge is 0.260 e. The summed E-state index contributed by atoms with van der Waals surface area (Å²) in [6, 6.07) is 7.06. The summed E-state index contributed by atoms with van der Waals surface area (Å²) in [6.45, 7) is 4.26. The van der Waals surface area contributed by atoms with Gasteiger partial charge in [-0.1, -0.05) is 32.0 Å². The number of fused-ring (bicyclic) bond motifs is 1. The normalized spacial score (nSPS) is 17.0. The molecule has 1 aliphatic heterocycles. The molecule has 0 saturated carbocycles. The Bertz CT molecular complexity index is 482. The van der Waals surface area contributed by atoms with Gasteiger partial charge in [0.15, 0.2) is 0 Å². The molecule has 1 aromatic rings. The van der Waals surface area contributed by atoms with Crippen LogP contribution in [0.3, 0.4) is 0 Å². The van der Waals surface area contributed by atoms with Crippen molar-refractivity contribution in [2.75, 3.05) is 6.54 Å². The van der Waals surface area contributed by atoms with Crippen molar-refractivity contribution in [2.45, 2.75) is 26.3 Å². The first kappa shape index (κ1) is 12.8. The highest BCUT2D eigenvalue weighted by Gasteiger charge is 2.31. The molecule has 2 N–H and O–H groups in total. The fraction of sp³-hybridized carbons (Fsp3) is 0.429. The van der Waals surface area contributed by atoms with Crippen molar-refractivity contribution >= 4 is 11.8 Å². The van der Waals surface area contributed by atoms with Gasteiger partial charge in [0.05, 0.1) is 6.42 Å². The minimum Gasteiger partial charge on any atom is -0.326 e. The molecule has 1 atom stereocenters. The fourth-order valence-corrected chi connectivity index (χ4v) is 2.01. The first-order chi connectivity index (χ1) is 8.50. The summed E-state index contributed by atoms with van der Waals surface area (Å²) in [7, 11) is 0. The molecule has 0 radical (unpaired) electrons. The number of rotatable bonds is 3. The van der Waals surface area contributed by atoms with Gasteiger partial charge in [0, 0.05) is 18.2 Å². The van der Waals surface area contributed by atoms with Crippen molar-refractivity contribution in [2.24, 2.45) is 11.7 Å². The lowest BCUT2D eigenvalue weighted by Gasteiger charge is -2.30. The van der Waals surface area contributed by atoms with Gasteiger partial charge in [-0.15, -0.1) is 0 Å². The first-order valence-corrected chi connectivity index (χ1v) is 6.19. The average Bonchev–Trinajstić information content (AvgIpc) is 2.34. The molecule has 0 fully saturated rings. The molecule has 1 aliphatic rings. The highest BCUT2D eigenvalue weighted by atomic mass is 16.2. The Morgan fingerprint density at radius 2 is 1.94 bits per heavy atom.